The predicted octanol–water partition coefficient (Wildman–Crippen LogP) is 5.95. The Labute approximate surface area is 208 Å². The normalized spacial score (nSPS) is 10.9. The lowest BCUT2D eigenvalue weighted by Crippen LogP contribution is -2.25. The van der Waals surface area contributed by atoms with Crippen molar-refractivity contribution in [3.05, 3.63) is 46.1 Å². The number of nitrogens with zero attached hydrogens (tertiary/aromatic N) is 2. The number of hydrogen-bond donors (Lipinski definition) is 1. The minimum atomic E-state index is -0.511. The molecule has 0 saturated heterocycles. The first-order chi connectivity index (χ1) is 16.4. The van der Waals surface area contributed by atoms with Crippen LogP contribution in [-0.4, -0.2) is 45.3 Å². The zero-order valence-corrected chi connectivity index (χ0v) is 20.8. The van der Waals surface area contributed by atoms with Crippen LogP contribution in [-0.2, 0) is 9.47 Å². The van der Waals surface area contributed by atoms with Gasteiger partial charge in [0, 0.05) is 36.9 Å². The van der Waals surface area contributed by atoms with Crippen molar-refractivity contribution in [2.75, 3.05) is 39.4 Å². The quantitative estimate of drug-likeness (QED) is 0.319. The molecule has 34 heavy (non-hydrogen) atoms. The summed E-state index contributed by atoms with van der Waals surface area (Å²) in [6.07, 6.45) is 0.967. The highest BCUT2D eigenvalue weighted by Gasteiger charge is 2.18. The standard InChI is InChI=1S/C24H25Cl2N3O5/c1-5-32-23(33-6-2)13-34-22-9-18-15(7-21(22)31-4)24(14(11-27)12-28-18)29-19-10-20(30-3)17(26)8-16(19)25/h7-10,12,23H,5-6,13H2,1-4H3,(H,28,29). The third kappa shape index (κ3) is 5.75. The van der Waals surface area contributed by atoms with Crippen molar-refractivity contribution in [2.24, 2.45) is 0 Å². The molecule has 3 rings (SSSR count). The molecule has 1 N–H and O–H groups in total. The molecule has 0 saturated carbocycles. The maximum Gasteiger partial charge on any atom is 0.191 e. The SMILES string of the molecule is CCOC(COc1cc2ncc(C#N)c(Nc3cc(OC)c(Cl)cc3Cl)c2cc1OC)OCC. The Hall–Kier alpha value is -2.96. The van der Waals surface area contributed by atoms with Crippen LogP contribution >= 0.6 is 23.2 Å². The van der Waals surface area contributed by atoms with E-state index in [4.69, 9.17) is 46.9 Å². The average molecular weight is 506 g/mol. The molecule has 0 spiro atoms. The van der Waals surface area contributed by atoms with Gasteiger partial charge in [0.15, 0.2) is 17.8 Å². The topological polar surface area (TPSA) is 94.9 Å². The third-order valence-corrected chi connectivity index (χ3v) is 5.46. The fourth-order valence-corrected chi connectivity index (χ4v) is 3.79. The Balaban J connectivity index is 2.04. The Bertz CT molecular complexity index is 1190. The summed E-state index contributed by atoms with van der Waals surface area (Å²) in [4.78, 5) is 4.42. The number of benzene rings is 2. The van der Waals surface area contributed by atoms with E-state index in [2.05, 4.69) is 16.4 Å². The number of rotatable bonds is 11. The highest BCUT2D eigenvalue weighted by molar-refractivity contribution is 6.37. The van der Waals surface area contributed by atoms with Crippen LogP contribution in [0.15, 0.2) is 30.5 Å². The van der Waals surface area contributed by atoms with Gasteiger partial charge in [-0.25, -0.2) is 0 Å². The first-order valence-corrected chi connectivity index (χ1v) is 11.3. The van der Waals surface area contributed by atoms with Crippen molar-refractivity contribution in [1.29, 1.82) is 5.26 Å². The summed E-state index contributed by atoms with van der Waals surface area (Å²) in [5.74, 6) is 1.37. The second kappa shape index (κ2) is 12.0. The van der Waals surface area contributed by atoms with Crippen LogP contribution in [0, 0.1) is 11.3 Å². The minimum Gasteiger partial charge on any atom is -0.495 e. The Morgan fingerprint density at radius 1 is 0.971 bits per heavy atom. The van der Waals surface area contributed by atoms with Gasteiger partial charge < -0.3 is 29.0 Å². The average Bonchev–Trinajstić information content (AvgIpc) is 2.83. The van der Waals surface area contributed by atoms with E-state index in [1.165, 1.54) is 20.4 Å². The molecule has 2 aromatic carbocycles. The minimum absolute atomic E-state index is 0.172. The lowest BCUT2D eigenvalue weighted by Gasteiger charge is -2.19. The predicted molar refractivity (Wildman–Crippen MR) is 132 cm³/mol. The van der Waals surface area contributed by atoms with Gasteiger partial charge in [-0.2, -0.15) is 5.26 Å². The molecular weight excluding hydrogens is 481 g/mol. The molecule has 0 aliphatic heterocycles. The van der Waals surface area contributed by atoms with E-state index in [1.54, 1.807) is 24.3 Å². The molecule has 8 nitrogen and oxygen atoms in total. The van der Waals surface area contributed by atoms with Gasteiger partial charge >= 0.3 is 0 Å². The molecule has 1 heterocycles. The van der Waals surface area contributed by atoms with Crippen molar-refractivity contribution >= 4 is 45.5 Å². The maximum absolute atomic E-state index is 9.70. The van der Waals surface area contributed by atoms with E-state index in [9.17, 15) is 5.26 Å². The number of hydrogen-bond acceptors (Lipinski definition) is 8. The summed E-state index contributed by atoms with van der Waals surface area (Å²) in [6, 6.07) is 8.87. The molecule has 3 aromatic rings. The molecule has 0 radical (unpaired) electrons. The molecule has 0 aliphatic carbocycles. The second-order valence-corrected chi connectivity index (χ2v) is 7.74. The van der Waals surface area contributed by atoms with Crippen molar-refractivity contribution in [2.45, 2.75) is 20.1 Å². The molecule has 0 atom stereocenters. The van der Waals surface area contributed by atoms with Crippen LogP contribution in [0.3, 0.4) is 0 Å². The van der Waals surface area contributed by atoms with Gasteiger partial charge in [0.25, 0.3) is 0 Å². The van der Waals surface area contributed by atoms with Gasteiger partial charge in [0.2, 0.25) is 0 Å². The highest BCUT2D eigenvalue weighted by atomic mass is 35.5. The smallest absolute Gasteiger partial charge is 0.191 e. The molecule has 180 valence electrons. The number of nitrogens with one attached hydrogen (secondary N) is 1. The van der Waals surface area contributed by atoms with Gasteiger partial charge in [0.05, 0.1) is 46.7 Å². The monoisotopic (exact) mass is 505 g/mol. The number of methoxy groups -OCH3 is 2. The van der Waals surface area contributed by atoms with Crippen LogP contribution in [0.5, 0.6) is 17.2 Å². The Morgan fingerprint density at radius 3 is 2.29 bits per heavy atom. The van der Waals surface area contributed by atoms with Gasteiger partial charge in [0.1, 0.15) is 18.4 Å². The molecule has 1 aromatic heterocycles. The lowest BCUT2D eigenvalue weighted by atomic mass is 10.1. The number of fused-ring (bicyclic) bond motifs is 1. The fourth-order valence-electron chi connectivity index (χ4n) is 3.28. The molecule has 0 aliphatic rings. The van der Waals surface area contributed by atoms with Crippen LogP contribution in [0.4, 0.5) is 11.4 Å². The zero-order valence-electron chi connectivity index (χ0n) is 19.3. The molecule has 0 fully saturated rings. The van der Waals surface area contributed by atoms with E-state index in [1.807, 2.05) is 13.8 Å². The van der Waals surface area contributed by atoms with E-state index in [0.717, 1.165) is 0 Å². The molecule has 0 bridgehead atoms. The van der Waals surface area contributed by atoms with Crippen LogP contribution in [0.2, 0.25) is 10.0 Å². The van der Waals surface area contributed by atoms with Crippen molar-refractivity contribution in [3.8, 4) is 23.3 Å². The summed E-state index contributed by atoms with van der Waals surface area (Å²) in [7, 11) is 3.04. The van der Waals surface area contributed by atoms with Crippen molar-refractivity contribution in [1.82, 2.24) is 4.98 Å². The Kier molecular flexibility index (Phi) is 9.02. The van der Waals surface area contributed by atoms with Crippen molar-refractivity contribution in [3.63, 3.8) is 0 Å². The van der Waals surface area contributed by atoms with E-state index in [0.29, 0.717) is 68.3 Å². The summed E-state index contributed by atoms with van der Waals surface area (Å²) >= 11 is 12.6. The molecule has 0 unspecified atom stereocenters. The van der Waals surface area contributed by atoms with Crippen LogP contribution in [0.1, 0.15) is 19.4 Å². The van der Waals surface area contributed by atoms with Crippen LogP contribution < -0.4 is 19.5 Å². The number of ether oxygens (including phenoxy) is 5. The summed E-state index contributed by atoms with van der Waals surface area (Å²) in [5, 5.41) is 14.3. The zero-order chi connectivity index (χ0) is 24.7. The van der Waals surface area contributed by atoms with Gasteiger partial charge in [-0.05, 0) is 26.0 Å². The molecular formula is C24H25Cl2N3O5. The van der Waals surface area contributed by atoms with Gasteiger partial charge in [-0.15, -0.1) is 0 Å². The summed E-state index contributed by atoms with van der Waals surface area (Å²) in [6.45, 7) is 4.93. The first-order valence-electron chi connectivity index (χ1n) is 10.5. The van der Waals surface area contributed by atoms with Gasteiger partial charge in [-0.1, -0.05) is 23.2 Å². The summed E-state index contributed by atoms with van der Waals surface area (Å²) in [5.41, 5.74) is 1.92. The molecule has 0 amide bonds. The van der Waals surface area contributed by atoms with Gasteiger partial charge in [-0.3, -0.25) is 4.98 Å². The van der Waals surface area contributed by atoms with E-state index in [-0.39, 0.29) is 6.61 Å². The number of halogens is 2. The second-order valence-electron chi connectivity index (χ2n) is 6.92. The lowest BCUT2D eigenvalue weighted by molar-refractivity contribution is -0.152. The van der Waals surface area contributed by atoms with Crippen LogP contribution in [0.25, 0.3) is 10.9 Å². The highest BCUT2D eigenvalue weighted by Crippen LogP contribution is 2.40. The van der Waals surface area contributed by atoms with Crippen molar-refractivity contribution < 1.29 is 23.7 Å². The van der Waals surface area contributed by atoms with E-state index >= 15 is 0 Å². The van der Waals surface area contributed by atoms with E-state index < -0.39 is 6.29 Å². The Morgan fingerprint density at radius 2 is 1.68 bits per heavy atom. The third-order valence-electron chi connectivity index (χ3n) is 4.86. The molecule has 10 heteroatoms. The largest absolute Gasteiger partial charge is 0.495 e. The summed E-state index contributed by atoms with van der Waals surface area (Å²) < 4.78 is 27.8. The maximum atomic E-state index is 9.70. The number of aromatic nitrogens is 1. The first kappa shape index (κ1) is 25.7. The number of nitriles is 1. The fraction of sp³-hybridized carbons (Fsp3) is 0.333. The number of pyridine rings is 1. The number of anilines is 2.